The van der Waals surface area contributed by atoms with Gasteiger partial charge in [-0.1, -0.05) is 51.5 Å². The SMILES string of the molecule is C=CC(C)=C[C@H](O)[C@@H]1[C@@]2(C)CCCC(C)(C)[C@@H]2CC[C@@]1(C)O. The fourth-order valence-corrected chi connectivity index (χ4v) is 5.75. The summed E-state index contributed by atoms with van der Waals surface area (Å²) in [7, 11) is 0. The Bertz CT molecular complexity index is 460. The Hall–Kier alpha value is -0.600. The third-order valence-electron chi connectivity index (χ3n) is 6.69. The molecule has 22 heavy (non-hydrogen) atoms. The highest BCUT2D eigenvalue weighted by atomic mass is 16.3. The Kier molecular flexibility index (Phi) is 4.68. The molecule has 2 aliphatic rings. The minimum Gasteiger partial charge on any atom is -0.390 e. The number of aliphatic hydroxyl groups is 2. The van der Waals surface area contributed by atoms with E-state index in [4.69, 9.17) is 0 Å². The van der Waals surface area contributed by atoms with Gasteiger partial charge < -0.3 is 10.2 Å². The van der Waals surface area contributed by atoms with E-state index in [2.05, 4.69) is 27.4 Å². The first kappa shape index (κ1) is 17.7. The highest BCUT2D eigenvalue weighted by Crippen LogP contribution is 2.62. The Balaban J connectivity index is 2.44. The van der Waals surface area contributed by atoms with Crippen molar-refractivity contribution < 1.29 is 10.2 Å². The van der Waals surface area contributed by atoms with Gasteiger partial charge in [-0.3, -0.25) is 0 Å². The molecule has 0 aromatic heterocycles. The van der Waals surface area contributed by atoms with Gasteiger partial charge in [0.1, 0.15) is 0 Å². The maximum Gasteiger partial charge on any atom is 0.0787 e. The number of rotatable bonds is 3. The summed E-state index contributed by atoms with van der Waals surface area (Å²) < 4.78 is 0. The van der Waals surface area contributed by atoms with Crippen LogP contribution in [-0.2, 0) is 0 Å². The van der Waals surface area contributed by atoms with E-state index in [1.54, 1.807) is 6.08 Å². The van der Waals surface area contributed by atoms with Crippen molar-refractivity contribution in [3.63, 3.8) is 0 Å². The number of hydrogen-bond donors (Lipinski definition) is 2. The molecular formula is C20H34O2. The van der Waals surface area contributed by atoms with Gasteiger partial charge in [0, 0.05) is 5.92 Å². The molecule has 0 spiro atoms. The van der Waals surface area contributed by atoms with Crippen molar-refractivity contribution in [2.45, 2.75) is 78.4 Å². The van der Waals surface area contributed by atoms with E-state index in [-0.39, 0.29) is 11.3 Å². The van der Waals surface area contributed by atoms with E-state index >= 15 is 0 Å². The van der Waals surface area contributed by atoms with Crippen LogP contribution in [0.15, 0.2) is 24.3 Å². The van der Waals surface area contributed by atoms with Gasteiger partial charge in [-0.15, -0.1) is 0 Å². The van der Waals surface area contributed by atoms with E-state index in [0.717, 1.165) is 24.8 Å². The predicted molar refractivity (Wildman–Crippen MR) is 92.5 cm³/mol. The summed E-state index contributed by atoms with van der Waals surface area (Å²) in [5.41, 5.74) is 0.444. The van der Waals surface area contributed by atoms with E-state index in [1.165, 1.54) is 12.8 Å². The molecule has 0 amide bonds. The maximum absolute atomic E-state index is 11.0. The molecule has 126 valence electrons. The van der Waals surface area contributed by atoms with Crippen LogP contribution in [0.5, 0.6) is 0 Å². The number of hydrogen-bond acceptors (Lipinski definition) is 2. The first-order valence-electron chi connectivity index (χ1n) is 8.76. The zero-order valence-electron chi connectivity index (χ0n) is 15.0. The molecule has 0 radical (unpaired) electrons. The molecule has 0 saturated heterocycles. The Morgan fingerprint density at radius 3 is 2.41 bits per heavy atom. The number of aliphatic hydroxyl groups excluding tert-OH is 1. The molecule has 2 rings (SSSR count). The van der Waals surface area contributed by atoms with Crippen molar-refractivity contribution in [3.8, 4) is 0 Å². The first-order chi connectivity index (χ1) is 10.0. The fraction of sp³-hybridized carbons (Fsp3) is 0.800. The van der Waals surface area contributed by atoms with E-state index in [1.807, 2.05) is 19.9 Å². The molecule has 5 atom stereocenters. The summed E-state index contributed by atoms with van der Waals surface area (Å²) in [6.07, 6.45) is 8.40. The minimum atomic E-state index is -0.809. The lowest BCUT2D eigenvalue weighted by Crippen LogP contribution is -2.60. The van der Waals surface area contributed by atoms with Gasteiger partial charge in [0.2, 0.25) is 0 Å². The molecule has 2 aliphatic carbocycles. The third kappa shape index (κ3) is 2.92. The topological polar surface area (TPSA) is 40.5 Å². The molecule has 0 aliphatic heterocycles. The van der Waals surface area contributed by atoms with Crippen molar-refractivity contribution in [1.29, 1.82) is 0 Å². The van der Waals surface area contributed by atoms with E-state index < -0.39 is 11.7 Å². The number of allylic oxidation sites excluding steroid dienone is 2. The van der Waals surface area contributed by atoms with Crippen molar-refractivity contribution in [1.82, 2.24) is 0 Å². The van der Waals surface area contributed by atoms with Crippen LogP contribution < -0.4 is 0 Å². The Morgan fingerprint density at radius 2 is 1.82 bits per heavy atom. The molecule has 0 aromatic rings. The highest BCUT2D eigenvalue weighted by Gasteiger charge is 2.59. The molecule has 0 unspecified atom stereocenters. The summed E-state index contributed by atoms with van der Waals surface area (Å²) in [4.78, 5) is 0. The molecule has 0 aromatic carbocycles. The van der Waals surface area contributed by atoms with Crippen LogP contribution in [0, 0.1) is 22.7 Å². The summed E-state index contributed by atoms with van der Waals surface area (Å²) >= 11 is 0. The van der Waals surface area contributed by atoms with Crippen LogP contribution in [0.2, 0.25) is 0 Å². The average Bonchev–Trinajstić information content (AvgIpc) is 2.35. The molecule has 0 heterocycles. The monoisotopic (exact) mass is 306 g/mol. The molecular weight excluding hydrogens is 272 g/mol. The van der Waals surface area contributed by atoms with Crippen molar-refractivity contribution in [2.24, 2.45) is 22.7 Å². The first-order valence-corrected chi connectivity index (χ1v) is 8.76. The van der Waals surface area contributed by atoms with E-state index in [9.17, 15) is 10.2 Å². The quantitative estimate of drug-likeness (QED) is 0.755. The molecule has 2 fully saturated rings. The summed E-state index contributed by atoms with van der Waals surface area (Å²) in [6, 6.07) is 0. The Labute approximate surface area is 136 Å². The van der Waals surface area contributed by atoms with Crippen LogP contribution in [0.4, 0.5) is 0 Å². The summed E-state index contributed by atoms with van der Waals surface area (Å²) in [5.74, 6) is 0.444. The zero-order chi connectivity index (χ0) is 16.8. The number of fused-ring (bicyclic) bond motifs is 1. The lowest BCUT2D eigenvalue weighted by molar-refractivity contribution is -0.191. The van der Waals surface area contributed by atoms with Crippen LogP contribution in [0.3, 0.4) is 0 Å². The summed E-state index contributed by atoms with van der Waals surface area (Å²) in [6.45, 7) is 14.7. The normalized spacial score (nSPS) is 43.3. The van der Waals surface area contributed by atoms with Gasteiger partial charge in [0.15, 0.2) is 0 Å². The molecule has 2 N–H and O–H groups in total. The average molecular weight is 306 g/mol. The van der Waals surface area contributed by atoms with Gasteiger partial charge in [0.25, 0.3) is 0 Å². The van der Waals surface area contributed by atoms with E-state index in [0.29, 0.717) is 11.3 Å². The second-order valence-electron chi connectivity index (χ2n) is 8.88. The predicted octanol–water partition coefficient (Wildman–Crippen LogP) is 4.47. The van der Waals surface area contributed by atoms with Gasteiger partial charge in [-0.25, -0.2) is 0 Å². The van der Waals surface area contributed by atoms with Crippen molar-refractivity contribution in [2.75, 3.05) is 0 Å². The molecule has 2 nitrogen and oxygen atoms in total. The van der Waals surface area contributed by atoms with Crippen molar-refractivity contribution >= 4 is 0 Å². The second-order valence-corrected chi connectivity index (χ2v) is 8.88. The fourth-order valence-electron chi connectivity index (χ4n) is 5.75. The highest BCUT2D eigenvalue weighted by molar-refractivity contribution is 5.19. The lowest BCUT2D eigenvalue weighted by atomic mass is 9.45. The van der Waals surface area contributed by atoms with Crippen LogP contribution in [0.1, 0.15) is 66.7 Å². The molecule has 0 bridgehead atoms. The third-order valence-corrected chi connectivity index (χ3v) is 6.69. The minimum absolute atomic E-state index is 0.0130. The Morgan fingerprint density at radius 1 is 1.18 bits per heavy atom. The molecule has 2 saturated carbocycles. The second kappa shape index (κ2) is 5.79. The smallest absolute Gasteiger partial charge is 0.0787 e. The maximum atomic E-state index is 11.0. The van der Waals surface area contributed by atoms with Crippen LogP contribution >= 0.6 is 0 Å². The largest absolute Gasteiger partial charge is 0.390 e. The zero-order valence-corrected chi connectivity index (χ0v) is 15.0. The van der Waals surface area contributed by atoms with Gasteiger partial charge in [-0.05, 0) is 56.3 Å². The summed E-state index contributed by atoms with van der Waals surface area (Å²) in [5, 5.41) is 22.0. The standard InChI is InChI=1S/C20H34O2/c1-7-14(2)13-15(21)17-19(5)11-8-10-18(3,4)16(19)9-12-20(17,6)22/h7,13,15-17,21-22H,1,8-12H2,2-6H3/t15-,16-,17+,19-,20+/m0/s1. The lowest BCUT2D eigenvalue weighted by Gasteiger charge is -2.62. The van der Waals surface area contributed by atoms with Gasteiger partial charge in [-0.2, -0.15) is 0 Å². The van der Waals surface area contributed by atoms with Gasteiger partial charge in [0.05, 0.1) is 11.7 Å². The van der Waals surface area contributed by atoms with Crippen LogP contribution in [-0.4, -0.2) is 21.9 Å². The van der Waals surface area contributed by atoms with Crippen LogP contribution in [0.25, 0.3) is 0 Å². The molecule has 2 heteroatoms. The van der Waals surface area contributed by atoms with Crippen molar-refractivity contribution in [3.05, 3.63) is 24.3 Å². The van der Waals surface area contributed by atoms with Gasteiger partial charge >= 0.3 is 0 Å².